The molecule has 6 heteroatoms. The zero-order chi connectivity index (χ0) is 15.4. The lowest BCUT2D eigenvalue weighted by Crippen LogP contribution is -2.42. The fourth-order valence-electron chi connectivity index (χ4n) is 2.86. The SMILES string of the molecule is Cn1nccc1CN1CCOC(CCc2ccnc(N)c2)C1. The average Bonchev–Trinajstić information content (AvgIpc) is 2.91. The minimum Gasteiger partial charge on any atom is -0.384 e. The van der Waals surface area contributed by atoms with Gasteiger partial charge in [0.05, 0.1) is 18.4 Å². The zero-order valence-electron chi connectivity index (χ0n) is 13.0. The summed E-state index contributed by atoms with van der Waals surface area (Å²) in [4.78, 5) is 6.46. The molecule has 1 fully saturated rings. The maximum absolute atomic E-state index is 5.90. The molecular weight excluding hydrogens is 278 g/mol. The molecule has 0 amide bonds. The van der Waals surface area contributed by atoms with Gasteiger partial charge in [0, 0.05) is 39.1 Å². The maximum Gasteiger partial charge on any atom is 0.123 e. The normalized spacial score (nSPS) is 19.4. The Morgan fingerprint density at radius 3 is 3.05 bits per heavy atom. The standard InChI is InChI=1S/C16H23N5O/c1-20-14(5-7-19-20)11-21-8-9-22-15(12-21)3-2-13-4-6-18-16(17)10-13/h4-7,10,15H,2-3,8-9,11-12H2,1H3,(H2,17,18). The van der Waals surface area contributed by atoms with Crippen LogP contribution in [0.1, 0.15) is 17.7 Å². The van der Waals surface area contributed by atoms with Crippen molar-refractivity contribution in [2.24, 2.45) is 7.05 Å². The van der Waals surface area contributed by atoms with Gasteiger partial charge in [-0.25, -0.2) is 4.98 Å². The molecule has 118 valence electrons. The smallest absolute Gasteiger partial charge is 0.123 e. The maximum atomic E-state index is 5.90. The van der Waals surface area contributed by atoms with E-state index in [0.717, 1.165) is 39.1 Å². The van der Waals surface area contributed by atoms with Crippen LogP contribution < -0.4 is 5.73 Å². The number of aryl methyl sites for hydroxylation is 2. The van der Waals surface area contributed by atoms with Gasteiger partial charge in [0.25, 0.3) is 0 Å². The van der Waals surface area contributed by atoms with Gasteiger partial charge in [-0.15, -0.1) is 0 Å². The molecule has 0 bridgehead atoms. The lowest BCUT2D eigenvalue weighted by atomic mass is 10.1. The monoisotopic (exact) mass is 301 g/mol. The van der Waals surface area contributed by atoms with Crippen LogP contribution in [-0.4, -0.2) is 45.5 Å². The lowest BCUT2D eigenvalue weighted by molar-refractivity contribution is -0.0352. The van der Waals surface area contributed by atoms with Crippen molar-refractivity contribution in [2.75, 3.05) is 25.4 Å². The van der Waals surface area contributed by atoms with Gasteiger partial charge in [-0.2, -0.15) is 5.10 Å². The van der Waals surface area contributed by atoms with Crippen LogP contribution in [0, 0.1) is 0 Å². The summed E-state index contributed by atoms with van der Waals surface area (Å²) in [5, 5.41) is 4.23. The van der Waals surface area contributed by atoms with Crippen molar-refractivity contribution in [3.8, 4) is 0 Å². The van der Waals surface area contributed by atoms with Gasteiger partial charge in [0.1, 0.15) is 5.82 Å². The highest BCUT2D eigenvalue weighted by molar-refractivity contribution is 5.31. The molecule has 0 aliphatic carbocycles. The Labute approximate surface area is 130 Å². The van der Waals surface area contributed by atoms with Crippen molar-refractivity contribution in [3.05, 3.63) is 41.9 Å². The molecule has 6 nitrogen and oxygen atoms in total. The number of morpholine rings is 1. The lowest BCUT2D eigenvalue weighted by Gasteiger charge is -2.33. The van der Waals surface area contributed by atoms with Crippen LogP contribution in [0.15, 0.2) is 30.6 Å². The molecule has 1 aliphatic heterocycles. The minimum absolute atomic E-state index is 0.274. The van der Waals surface area contributed by atoms with Gasteiger partial charge >= 0.3 is 0 Å². The summed E-state index contributed by atoms with van der Waals surface area (Å²) < 4.78 is 7.83. The van der Waals surface area contributed by atoms with Crippen molar-refractivity contribution < 1.29 is 4.74 Å². The van der Waals surface area contributed by atoms with Crippen LogP contribution in [0.25, 0.3) is 0 Å². The van der Waals surface area contributed by atoms with E-state index in [0.29, 0.717) is 5.82 Å². The summed E-state index contributed by atoms with van der Waals surface area (Å²) in [6, 6.07) is 6.03. The largest absolute Gasteiger partial charge is 0.384 e. The van der Waals surface area contributed by atoms with E-state index >= 15 is 0 Å². The predicted octanol–water partition coefficient (Wildman–Crippen LogP) is 1.23. The minimum atomic E-state index is 0.274. The highest BCUT2D eigenvalue weighted by atomic mass is 16.5. The summed E-state index contributed by atoms with van der Waals surface area (Å²) in [5.41, 5.74) is 8.18. The second-order valence-corrected chi connectivity index (χ2v) is 5.80. The Morgan fingerprint density at radius 1 is 1.36 bits per heavy atom. The second kappa shape index (κ2) is 6.89. The van der Waals surface area contributed by atoms with Gasteiger partial charge in [0.2, 0.25) is 0 Å². The highest BCUT2D eigenvalue weighted by Gasteiger charge is 2.21. The molecule has 2 N–H and O–H groups in total. The van der Waals surface area contributed by atoms with Crippen LogP contribution in [0.3, 0.4) is 0 Å². The first-order valence-corrected chi connectivity index (χ1v) is 7.72. The van der Waals surface area contributed by atoms with Crippen LogP contribution >= 0.6 is 0 Å². The van der Waals surface area contributed by atoms with E-state index in [1.807, 2.05) is 30.1 Å². The van der Waals surface area contributed by atoms with Crippen molar-refractivity contribution >= 4 is 5.82 Å². The number of aromatic nitrogens is 3. The highest BCUT2D eigenvalue weighted by Crippen LogP contribution is 2.15. The van der Waals surface area contributed by atoms with Crippen molar-refractivity contribution in [2.45, 2.75) is 25.5 Å². The van der Waals surface area contributed by atoms with Crippen molar-refractivity contribution in [3.63, 3.8) is 0 Å². The van der Waals surface area contributed by atoms with E-state index in [1.165, 1.54) is 11.3 Å². The number of pyridine rings is 1. The molecule has 3 heterocycles. The summed E-state index contributed by atoms with van der Waals surface area (Å²) in [6.45, 7) is 3.66. The molecule has 0 saturated carbocycles. The second-order valence-electron chi connectivity index (χ2n) is 5.80. The quantitative estimate of drug-likeness (QED) is 0.899. The topological polar surface area (TPSA) is 69.2 Å². The summed E-state index contributed by atoms with van der Waals surface area (Å²) in [7, 11) is 1.99. The van der Waals surface area contributed by atoms with Gasteiger partial charge in [0.15, 0.2) is 0 Å². The summed E-state index contributed by atoms with van der Waals surface area (Å²) >= 11 is 0. The van der Waals surface area contributed by atoms with Crippen LogP contribution in [-0.2, 0) is 24.8 Å². The first-order valence-electron chi connectivity index (χ1n) is 7.72. The van der Waals surface area contributed by atoms with Crippen LogP contribution in [0.4, 0.5) is 5.82 Å². The molecule has 0 radical (unpaired) electrons. The number of hydrogen-bond acceptors (Lipinski definition) is 5. The van der Waals surface area contributed by atoms with Gasteiger partial charge in [-0.05, 0) is 36.6 Å². The first kappa shape index (κ1) is 15.0. The molecule has 1 aliphatic rings. The third-order valence-electron chi connectivity index (χ3n) is 4.13. The number of nitrogen functional groups attached to an aromatic ring is 1. The number of nitrogens with two attached hydrogens (primary N) is 1. The Hall–Kier alpha value is -1.92. The van der Waals surface area contributed by atoms with E-state index in [1.54, 1.807) is 6.20 Å². The summed E-state index contributed by atoms with van der Waals surface area (Å²) in [6.07, 6.45) is 5.86. The molecule has 3 rings (SSSR count). The zero-order valence-corrected chi connectivity index (χ0v) is 13.0. The van der Waals surface area contributed by atoms with E-state index in [9.17, 15) is 0 Å². The molecule has 0 spiro atoms. The Kier molecular flexibility index (Phi) is 4.70. The van der Waals surface area contributed by atoms with Gasteiger partial charge < -0.3 is 10.5 Å². The molecule has 1 saturated heterocycles. The van der Waals surface area contributed by atoms with E-state index < -0.39 is 0 Å². The Balaban J connectivity index is 1.51. The molecule has 1 unspecified atom stereocenters. The average molecular weight is 301 g/mol. The molecule has 1 atom stereocenters. The fraction of sp³-hybridized carbons (Fsp3) is 0.500. The van der Waals surface area contributed by atoms with Gasteiger partial charge in [-0.1, -0.05) is 0 Å². The number of hydrogen-bond donors (Lipinski definition) is 1. The van der Waals surface area contributed by atoms with Crippen molar-refractivity contribution in [1.29, 1.82) is 0 Å². The molecule has 0 aromatic carbocycles. The summed E-state index contributed by atoms with van der Waals surface area (Å²) in [5.74, 6) is 0.583. The Bertz CT molecular complexity index is 612. The number of ether oxygens (including phenoxy) is 1. The predicted molar refractivity (Wildman–Crippen MR) is 85.2 cm³/mol. The van der Waals surface area contributed by atoms with Crippen LogP contribution in [0.5, 0.6) is 0 Å². The van der Waals surface area contributed by atoms with Crippen LogP contribution in [0.2, 0.25) is 0 Å². The fourth-order valence-corrected chi connectivity index (χ4v) is 2.86. The number of nitrogens with zero attached hydrogens (tertiary/aromatic N) is 4. The number of anilines is 1. The number of rotatable bonds is 5. The molecule has 22 heavy (non-hydrogen) atoms. The van der Waals surface area contributed by atoms with E-state index in [-0.39, 0.29) is 6.10 Å². The first-order chi connectivity index (χ1) is 10.7. The van der Waals surface area contributed by atoms with E-state index in [4.69, 9.17) is 10.5 Å². The Morgan fingerprint density at radius 2 is 2.27 bits per heavy atom. The van der Waals surface area contributed by atoms with Crippen molar-refractivity contribution in [1.82, 2.24) is 19.7 Å². The third-order valence-corrected chi connectivity index (χ3v) is 4.13. The molecule has 2 aromatic rings. The third kappa shape index (κ3) is 3.84. The molecular formula is C16H23N5O. The molecule has 2 aromatic heterocycles. The van der Waals surface area contributed by atoms with Gasteiger partial charge in [-0.3, -0.25) is 9.58 Å². The van der Waals surface area contributed by atoms with E-state index in [2.05, 4.69) is 21.0 Å².